The predicted octanol–water partition coefficient (Wildman–Crippen LogP) is 2.16. The molecule has 0 bridgehead atoms. The first-order chi connectivity index (χ1) is 8.60. The second kappa shape index (κ2) is 5.22. The number of aldehydes is 1. The summed E-state index contributed by atoms with van der Waals surface area (Å²) in [6.07, 6.45) is 3.68. The molecule has 2 aromatic heterocycles. The zero-order valence-corrected chi connectivity index (χ0v) is 11.2. The molecule has 0 N–H and O–H groups in total. The van der Waals surface area contributed by atoms with Gasteiger partial charge in [0, 0.05) is 23.8 Å². The highest BCUT2D eigenvalue weighted by atomic mass is 32.2. The molecular formula is C12H12N4OS. The van der Waals surface area contributed by atoms with Gasteiger partial charge in [0.05, 0.1) is 5.56 Å². The second-order valence-corrected chi connectivity index (χ2v) is 4.76. The van der Waals surface area contributed by atoms with E-state index in [1.807, 2.05) is 20.8 Å². The Morgan fingerprint density at radius 1 is 1.00 bits per heavy atom. The van der Waals surface area contributed by atoms with Crippen molar-refractivity contribution in [1.82, 2.24) is 19.9 Å². The zero-order chi connectivity index (χ0) is 13.1. The molecule has 0 radical (unpaired) electrons. The van der Waals surface area contributed by atoms with Gasteiger partial charge in [-0.2, -0.15) is 0 Å². The Labute approximate surface area is 109 Å². The van der Waals surface area contributed by atoms with Gasteiger partial charge in [-0.3, -0.25) is 4.79 Å². The van der Waals surface area contributed by atoms with Gasteiger partial charge in [-0.05, 0) is 38.1 Å². The van der Waals surface area contributed by atoms with Crippen molar-refractivity contribution in [2.24, 2.45) is 0 Å². The Kier molecular flexibility index (Phi) is 3.66. The number of aryl methyl sites for hydroxylation is 2. The van der Waals surface area contributed by atoms with Crippen molar-refractivity contribution in [2.75, 3.05) is 0 Å². The molecule has 92 valence electrons. The van der Waals surface area contributed by atoms with E-state index in [-0.39, 0.29) is 0 Å². The predicted molar refractivity (Wildman–Crippen MR) is 67.8 cm³/mol. The molecule has 0 aliphatic carbocycles. The summed E-state index contributed by atoms with van der Waals surface area (Å²) < 4.78 is 0. The first kappa shape index (κ1) is 12.6. The van der Waals surface area contributed by atoms with E-state index in [0.29, 0.717) is 22.2 Å². The molecule has 0 saturated carbocycles. The molecule has 0 aromatic carbocycles. The van der Waals surface area contributed by atoms with Gasteiger partial charge in [-0.1, -0.05) is 0 Å². The number of aromatic nitrogens is 4. The lowest BCUT2D eigenvalue weighted by Gasteiger charge is -2.05. The number of hydrogen-bond acceptors (Lipinski definition) is 6. The monoisotopic (exact) mass is 260 g/mol. The molecule has 0 aliphatic heterocycles. The molecule has 0 aliphatic rings. The van der Waals surface area contributed by atoms with Gasteiger partial charge in [0.1, 0.15) is 0 Å². The smallest absolute Gasteiger partial charge is 0.195 e. The number of nitrogens with zero attached hydrogens (tertiary/aromatic N) is 4. The van der Waals surface area contributed by atoms with E-state index in [2.05, 4.69) is 19.9 Å². The second-order valence-electron chi connectivity index (χ2n) is 3.82. The molecule has 0 unspecified atom stereocenters. The van der Waals surface area contributed by atoms with Crippen LogP contribution >= 0.6 is 11.8 Å². The van der Waals surface area contributed by atoms with Crippen LogP contribution in [-0.2, 0) is 0 Å². The maximum atomic E-state index is 10.5. The van der Waals surface area contributed by atoms with E-state index in [0.717, 1.165) is 17.0 Å². The van der Waals surface area contributed by atoms with Crippen LogP contribution < -0.4 is 0 Å². The molecule has 2 heterocycles. The van der Waals surface area contributed by atoms with Crippen molar-refractivity contribution in [3.05, 3.63) is 34.9 Å². The van der Waals surface area contributed by atoms with E-state index in [4.69, 9.17) is 0 Å². The number of carbonyl (C=O) groups is 1. The Morgan fingerprint density at radius 2 is 1.56 bits per heavy atom. The molecule has 6 heteroatoms. The summed E-state index contributed by atoms with van der Waals surface area (Å²) in [5.41, 5.74) is 3.46. The largest absolute Gasteiger partial charge is 0.298 e. The lowest BCUT2D eigenvalue weighted by molar-refractivity contribution is 0.112. The lowest BCUT2D eigenvalue weighted by atomic mass is 10.2. The Morgan fingerprint density at radius 3 is 2.06 bits per heavy atom. The summed E-state index contributed by atoms with van der Waals surface area (Å²) in [5.74, 6) is 0. The fourth-order valence-corrected chi connectivity index (χ4v) is 2.05. The third-order valence-corrected chi connectivity index (χ3v) is 3.34. The maximum Gasteiger partial charge on any atom is 0.195 e. The topological polar surface area (TPSA) is 68.6 Å². The standard InChI is InChI=1S/C12H12N4OS/c1-7-8(2)15-12(16-9(7)3)18-11-13-4-10(6-17)5-14-11/h4-6H,1-3H3. The van der Waals surface area contributed by atoms with Crippen LogP contribution in [0.15, 0.2) is 22.7 Å². The van der Waals surface area contributed by atoms with Gasteiger partial charge in [0.2, 0.25) is 0 Å². The van der Waals surface area contributed by atoms with Gasteiger partial charge >= 0.3 is 0 Å². The van der Waals surface area contributed by atoms with Crippen LogP contribution in [0.3, 0.4) is 0 Å². The van der Waals surface area contributed by atoms with E-state index in [9.17, 15) is 4.79 Å². The third-order valence-electron chi connectivity index (χ3n) is 2.58. The summed E-state index contributed by atoms with van der Waals surface area (Å²) in [6.45, 7) is 5.89. The maximum absolute atomic E-state index is 10.5. The fraction of sp³-hybridized carbons (Fsp3) is 0.250. The quantitative estimate of drug-likeness (QED) is 0.622. The Bertz CT molecular complexity index is 560. The summed E-state index contributed by atoms with van der Waals surface area (Å²) in [4.78, 5) is 27.4. The van der Waals surface area contributed by atoms with Crippen molar-refractivity contribution in [3.63, 3.8) is 0 Å². The van der Waals surface area contributed by atoms with Crippen LogP contribution in [0.1, 0.15) is 27.3 Å². The van der Waals surface area contributed by atoms with Crippen LogP contribution in [-0.4, -0.2) is 26.2 Å². The summed E-state index contributed by atoms with van der Waals surface area (Å²) >= 11 is 1.28. The van der Waals surface area contributed by atoms with Crippen molar-refractivity contribution in [1.29, 1.82) is 0 Å². The summed E-state index contributed by atoms with van der Waals surface area (Å²) in [5, 5.41) is 1.15. The van der Waals surface area contributed by atoms with Crippen molar-refractivity contribution < 1.29 is 4.79 Å². The first-order valence-electron chi connectivity index (χ1n) is 5.37. The van der Waals surface area contributed by atoms with Gasteiger partial charge in [0.15, 0.2) is 16.6 Å². The van der Waals surface area contributed by atoms with Crippen molar-refractivity contribution in [2.45, 2.75) is 31.1 Å². The fourth-order valence-electron chi connectivity index (χ4n) is 1.31. The van der Waals surface area contributed by atoms with Crippen LogP contribution in [0.5, 0.6) is 0 Å². The molecule has 2 rings (SSSR count). The van der Waals surface area contributed by atoms with Gasteiger partial charge in [0.25, 0.3) is 0 Å². The van der Waals surface area contributed by atoms with Crippen molar-refractivity contribution >= 4 is 18.0 Å². The van der Waals surface area contributed by atoms with Crippen molar-refractivity contribution in [3.8, 4) is 0 Å². The molecule has 0 atom stereocenters. The van der Waals surface area contributed by atoms with Gasteiger partial charge in [-0.25, -0.2) is 19.9 Å². The number of rotatable bonds is 3. The zero-order valence-electron chi connectivity index (χ0n) is 10.3. The molecule has 5 nitrogen and oxygen atoms in total. The van der Waals surface area contributed by atoms with Crippen LogP contribution in [0.4, 0.5) is 0 Å². The minimum atomic E-state index is 0.455. The molecule has 0 saturated heterocycles. The molecule has 0 amide bonds. The first-order valence-corrected chi connectivity index (χ1v) is 6.18. The van der Waals surface area contributed by atoms with E-state index in [1.165, 1.54) is 24.2 Å². The highest BCUT2D eigenvalue weighted by molar-refractivity contribution is 7.99. The normalized spacial score (nSPS) is 10.4. The molecule has 0 spiro atoms. The average molecular weight is 260 g/mol. The lowest BCUT2D eigenvalue weighted by Crippen LogP contribution is -1.99. The van der Waals surface area contributed by atoms with E-state index < -0.39 is 0 Å². The number of carbonyl (C=O) groups excluding carboxylic acids is 1. The summed E-state index contributed by atoms with van der Waals surface area (Å²) in [6, 6.07) is 0. The van der Waals surface area contributed by atoms with Crippen LogP contribution in [0.2, 0.25) is 0 Å². The van der Waals surface area contributed by atoms with Crippen LogP contribution in [0.25, 0.3) is 0 Å². The minimum Gasteiger partial charge on any atom is -0.298 e. The van der Waals surface area contributed by atoms with Gasteiger partial charge < -0.3 is 0 Å². The van der Waals surface area contributed by atoms with E-state index >= 15 is 0 Å². The average Bonchev–Trinajstić information content (AvgIpc) is 2.37. The number of hydrogen-bond donors (Lipinski definition) is 0. The van der Waals surface area contributed by atoms with E-state index in [1.54, 1.807) is 0 Å². The van der Waals surface area contributed by atoms with Crippen LogP contribution in [0, 0.1) is 20.8 Å². The SMILES string of the molecule is Cc1nc(Sc2ncc(C=O)cn2)nc(C)c1C. The third kappa shape index (κ3) is 2.70. The highest BCUT2D eigenvalue weighted by Gasteiger charge is 2.07. The molecule has 18 heavy (non-hydrogen) atoms. The molecule has 2 aromatic rings. The minimum absolute atomic E-state index is 0.455. The molecule has 0 fully saturated rings. The summed E-state index contributed by atoms with van der Waals surface area (Å²) in [7, 11) is 0. The Hall–Kier alpha value is -1.82. The van der Waals surface area contributed by atoms with Gasteiger partial charge in [-0.15, -0.1) is 0 Å². The highest BCUT2D eigenvalue weighted by Crippen LogP contribution is 2.22. The molecular weight excluding hydrogens is 248 g/mol. The Balaban J connectivity index is 2.25.